The van der Waals surface area contributed by atoms with Crippen LogP contribution >= 0.6 is 11.8 Å². The highest BCUT2D eigenvalue weighted by atomic mass is 32.2. The number of hydrogen-bond acceptors (Lipinski definition) is 4. The van der Waals surface area contributed by atoms with E-state index in [-0.39, 0.29) is 11.7 Å². The molecule has 144 valence electrons. The van der Waals surface area contributed by atoms with Crippen molar-refractivity contribution in [2.75, 3.05) is 11.1 Å². The fraction of sp³-hybridized carbons (Fsp3) is 0.190. The summed E-state index contributed by atoms with van der Waals surface area (Å²) in [6, 6.07) is 12.9. The first-order chi connectivity index (χ1) is 13.5. The maximum absolute atomic E-state index is 12.2. The zero-order valence-corrected chi connectivity index (χ0v) is 16.7. The average Bonchev–Trinajstić information content (AvgIpc) is 3.00. The number of nitrogens with one attached hydrogen (secondary N) is 2. The second-order valence-corrected chi connectivity index (χ2v) is 7.33. The summed E-state index contributed by atoms with van der Waals surface area (Å²) in [4.78, 5) is 28.9. The molecule has 0 saturated carbocycles. The van der Waals surface area contributed by atoms with Crippen LogP contribution in [0.5, 0.6) is 0 Å². The summed E-state index contributed by atoms with van der Waals surface area (Å²) >= 11 is 1.29. The van der Waals surface area contributed by atoms with Crippen LogP contribution in [0.4, 0.5) is 10.5 Å². The van der Waals surface area contributed by atoms with Crippen molar-refractivity contribution in [3.8, 4) is 0 Å². The number of amides is 3. The van der Waals surface area contributed by atoms with Crippen molar-refractivity contribution in [2.45, 2.75) is 25.5 Å². The predicted octanol–water partition coefficient (Wildman–Crippen LogP) is 4.28. The lowest BCUT2D eigenvalue weighted by Crippen LogP contribution is -2.35. The Kier molecular flexibility index (Phi) is 6.16. The Morgan fingerprint density at radius 2 is 2.00 bits per heavy atom. The molecule has 2 aromatic carbocycles. The minimum Gasteiger partial charge on any atom is -0.315 e. The fourth-order valence-corrected chi connectivity index (χ4v) is 3.69. The topological polar surface area (TPSA) is 76.0 Å². The van der Waals surface area contributed by atoms with Gasteiger partial charge in [0.1, 0.15) is 0 Å². The van der Waals surface area contributed by atoms with E-state index in [1.54, 1.807) is 6.08 Å². The number of fused-ring (bicyclic) bond motifs is 1. The molecule has 0 bridgehead atoms. The van der Waals surface area contributed by atoms with E-state index in [0.29, 0.717) is 17.4 Å². The Bertz CT molecular complexity index is 1040. The van der Waals surface area contributed by atoms with E-state index in [9.17, 15) is 9.59 Å². The monoisotopic (exact) mass is 394 g/mol. The number of thioether (sulfide) groups is 1. The van der Waals surface area contributed by atoms with Gasteiger partial charge in [-0.05, 0) is 37.6 Å². The van der Waals surface area contributed by atoms with Crippen molar-refractivity contribution >= 4 is 40.4 Å². The molecule has 28 heavy (non-hydrogen) atoms. The summed E-state index contributed by atoms with van der Waals surface area (Å²) in [5.74, 6) is -0.301. The van der Waals surface area contributed by atoms with Crippen molar-refractivity contribution in [2.24, 2.45) is 0 Å². The summed E-state index contributed by atoms with van der Waals surface area (Å²) < 4.78 is 2.00. The maximum atomic E-state index is 12.2. The minimum absolute atomic E-state index is 0.0841. The minimum atomic E-state index is -0.544. The van der Waals surface area contributed by atoms with Gasteiger partial charge in [-0.2, -0.15) is 0 Å². The van der Waals surface area contributed by atoms with E-state index in [0.717, 1.165) is 22.2 Å². The number of allylic oxidation sites excluding steroid dienone is 1. The molecule has 1 aromatic heterocycles. The molecule has 0 radical (unpaired) electrons. The Hall–Kier alpha value is -3.06. The molecule has 0 aliphatic heterocycles. The molecule has 0 atom stereocenters. The smallest absolute Gasteiger partial charge is 0.315 e. The standard InChI is InChI=1S/C21H22N4O2S/c1-4-11-25-18-8-6-5-7-17(18)23-21(25)28-13-19(26)24-20(27)22-16-10-9-14(2)12-15(16)3/h4-10,12H,1,11,13H2,2-3H3,(H2,22,24,26,27). The number of imidazole rings is 1. The third kappa shape index (κ3) is 4.61. The van der Waals surface area contributed by atoms with Gasteiger partial charge in [-0.1, -0.05) is 47.7 Å². The highest BCUT2D eigenvalue weighted by Gasteiger charge is 2.14. The van der Waals surface area contributed by atoms with Gasteiger partial charge in [0.15, 0.2) is 5.16 Å². The lowest BCUT2D eigenvalue weighted by molar-refractivity contribution is -0.117. The molecule has 0 aliphatic rings. The summed E-state index contributed by atoms with van der Waals surface area (Å²) in [6.45, 7) is 8.27. The molecule has 3 amide bonds. The highest BCUT2D eigenvalue weighted by Crippen LogP contribution is 2.24. The molecule has 0 fully saturated rings. The molecule has 0 saturated heterocycles. The number of benzene rings is 2. The fourth-order valence-electron chi connectivity index (χ4n) is 2.87. The summed E-state index contributed by atoms with van der Waals surface area (Å²) in [7, 11) is 0. The molecule has 0 unspecified atom stereocenters. The van der Waals surface area contributed by atoms with Gasteiger partial charge in [0.2, 0.25) is 5.91 Å². The largest absolute Gasteiger partial charge is 0.325 e. The van der Waals surface area contributed by atoms with Crippen LogP contribution < -0.4 is 10.6 Å². The molecular formula is C21H22N4O2S. The van der Waals surface area contributed by atoms with Crippen molar-refractivity contribution < 1.29 is 9.59 Å². The number of anilines is 1. The van der Waals surface area contributed by atoms with Crippen LogP contribution in [-0.2, 0) is 11.3 Å². The number of imide groups is 1. The summed E-state index contributed by atoms with van der Waals surface area (Å²) in [5.41, 5.74) is 4.57. The van der Waals surface area contributed by atoms with E-state index in [1.165, 1.54) is 11.8 Å². The summed E-state index contributed by atoms with van der Waals surface area (Å²) in [6.07, 6.45) is 1.79. The second kappa shape index (κ2) is 8.75. The van der Waals surface area contributed by atoms with E-state index < -0.39 is 6.03 Å². The number of hydrogen-bond donors (Lipinski definition) is 2. The Morgan fingerprint density at radius 1 is 1.21 bits per heavy atom. The molecule has 0 spiro atoms. The van der Waals surface area contributed by atoms with Gasteiger partial charge in [-0.25, -0.2) is 9.78 Å². The van der Waals surface area contributed by atoms with Crippen molar-refractivity contribution in [3.05, 3.63) is 66.2 Å². The number of para-hydroxylation sites is 2. The van der Waals surface area contributed by atoms with Crippen molar-refractivity contribution in [1.29, 1.82) is 0 Å². The van der Waals surface area contributed by atoms with E-state index >= 15 is 0 Å². The van der Waals surface area contributed by atoms with Gasteiger partial charge in [-0.15, -0.1) is 6.58 Å². The normalized spacial score (nSPS) is 10.6. The molecule has 2 N–H and O–H groups in total. The van der Waals surface area contributed by atoms with Crippen LogP contribution in [-0.4, -0.2) is 27.2 Å². The number of aromatic nitrogens is 2. The number of nitrogens with zero attached hydrogens (tertiary/aromatic N) is 2. The van der Waals surface area contributed by atoms with Crippen LogP contribution in [0.2, 0.25) is 0 Å². The lowest BCUT2D eigenvalue weighted by atomic mass is 10.1. The number of carbonyl (C=O) groups excluding carboxylic acids is 2. The number of carbonyl (C=O) groups is 2. The first-order valence-corrected chi connectivity index (χ1v) is 9.83. The molecule has 3 rings (SSSR count). The van der Waals surface area contributed by atoms with Gasteiger partial charge in [-0.3, -0.25) is 10.1 Å². The van der Waals surface area contributed by atoms with Crippen molar-refractivity contribution in [3.63, 3.8) is 0 Å². The maximum Gasteiger partial charge on any atom is 0.325 e. The third-order valence-corrected chi connectivity index (χ3v) is 5.12. The zero-order valence-electron chi connectivity index (χ0n) is 15.9. The van der Waals surface area contributed by atoms with Crippen LogP contribution in [0.25, 0.3) is 11.0 Å². The van der Waals surface area contributed by atoms with Gasteiger partial charge in [0.25, 0.3) is 0 Å². The quantitative estimate of drug-likeness (QED) is 0.483. The third-order valence-electron chi connectivity index (χ3n) is 4.15. The molecule has 0 aliphatic carbocycles. The SMILES string of the molecule is C=CCn1c(SCC(=O)NC(=O)Nc2ccc(C)cc2C)nc2ccccc21. The first kappa shape index (κ1) is 19.7. The molecule has 3 aromatic rings. The first-order valence-electron chi connectivity index (χ1n) is 8.85. The van der Waals surface area contributed by atoms with Gasteiger partial charge in [0.05, 0.1) is 16.8 Å². The number of urea groups is 1. The lowest BCUT2D eigenvalue weighted by Gasteiger charge is -2.10. The molecule has 6 nitrogen and oxygen atoms in total. The number of rotatable bonds is 6. The van der Waals surface area contributed by atoms with E-state index in [4.69, 9.17) is 0 Å². The predicted molar refractivity (Wildman–Crippen MR) is 114 cm³/mol. The van der Waals surface area contributed by atoms with Crippen LogP contribution in [0.1, 0.15) is 11.1 Å². The average molecular weight is 395 g/mol. The van der Waals surface area contributed by atoms with Gasteiger partial charge in [0, 0.05) is 12.2 Å². The van der Waals surface area contributed by atoms with Crippen LogP contribution in [0.15, 0.2) is 60.3 Å². The highest BCUT2D eigenvalue weighted by molar-refractivity contribution is 7.99. The summed E-state index contributed by atoms with van der Waals surface area (Å²) in [5, 5.41) is 5.78. The Labute approximate surface area is 168 Å². The van der Waals surface area contributed by atoms with Gasteiger partial charge < -0.3 is 9.88 Å². The molecule has 7 heteroatoms. The van der Waals surface area contributed by atoms with Crippen LogP contribution in [0, 0.1) is 13.8 Å². The van der Waals surface area contributed by atoms with Crippen molar-refractivity contribution in [1.82, 2.24) is 14.9 Å². The van der Waals surface area contributed by atoms with Gasteiger partial charge >= 0.3 is 6.03 Å². The molecule has 1 heterocycles. The van der Waals surface area contributed by atoms with E-state index in [2.05, 4.69) is 22.2 Å². The number of aryl methyl sites for hydroxylation is 2. The zero-order chi connectivity index (χ0) is 20.1. The molecular weight excluding hydrogens is 372 g/mol. The Balaban J connectivity index is 1.61. The van der Waals surface area contributed by atoms with Crippen LogP contribution in [0.3, 0.4) is 0 Å². The van der Waals surface area contributed by atoms with E-state index in [1.807, 2.05) is 60.9 Å². The Morgan fingerprint density at radius 3 is 2.75 bits per heavy atom. The second-order valence-electron chi connectivity index (χ2n) is 6.39.